The second-order valence-electron chi connectivity index (χ2n) is 6.58. The molecule has 6 nitrogen and oxygen atoms in total. The van der Waals surface area contributed by atoms with Crippen molar-refractivity contribution in [3.8, 4) is 11.5 Å². The number of carbonyl (C=O) groups excluding carboxylic acids is 2. The van der Waals surface area contributed by atoms with Gasteiger partial charge in [0.05, 0.1) is 19.3 Å². The highest BCUT2D eigenvalue weighted by atomic mass is 16.5. The summed E-state index contributed by atoms with van der Waals surface area (Å²) in [6.45, 7) is 6.07. The molecule has 0 heterocycles. The largest absolute Gasteiger partial charge is 0.495 e. The first-order chi connectivity index (χ1) is 13.4. The predicted octanol–water partition coefficient (Wildman–Crippen LogP) is 3.65. The number of hydrogen-bond donors (Lipinski definition) is 1. The molecule has 0 saturated carbocycles. The molecule has 6 heteroatoms. The molecule has 0 aliphatic rings. The number of amides is 2. The smallest absolute Gasteiger partial charge is 0.263 e. The maximum Gasteiger partial charge on any atom is 0.263 e. The number of nitrogens with one attached hydrogen (secondary N) is 1. The number of rotatable bonds is 9. The number of anilines is 1. The van der Waals surface area contributed by atoms with Gasteiger partial charge in [0, 0.05) is 6.54 Å². The molecule has 0 aromatic heterocycles. The van der Waals surface area contributed by atoms with Gasteiger partial charge in [-0.2, -0.15) is 0 Å². The maximum atomic E-state index is 12.8. The lowest BCUT2D eigenvalue weighted by Gasteiger charge is -2.25. The van der Waals surface area contributed by atoms with E-state index >= 15 is 0 Å². The van der Waals surface area contributed by atoms with E-state index in [2.05, 4.69) is 5.32 Å². The fourth-order valence-corrected chi connectivity index (χ4v) is 2.78. The van der Waals surface area contributed by atoms with Crippen molar-refractivity contribution in [2.75, 3.05) is 25.5 Å². The SMILES string of the molecule is CCCN(CC(=O)Nc1ccccc1OC)C(=O)C(C)Oc1ccc(C)cc1. The molecular weight excluding hydrogens is 356 g/mol. The topological polar surface area (TPSA) is 67.9 Å². The molecule has 1 N–H and O–H groups in total. The van der Waals surface area contributed by atoms with E-state index in [9.17, 15) is 9.59 Å². The predicted molar refractivity (Wildman–Crippen MR) is 110 cm³/mol. The summed E-state index contributed by atoms with van der Waals surface area (Å²) in [6, 6.07) is 14.7. The number of methoxy groups -OCH3 is 1. The zero-order valence-corrected chi connectivity index (χ0v) is 16.9. The third-order valence-corrected chi connectivity index (χ3v) is 4.20. The van der Waals surface area contributed by atoms with Gasteiger partial charge in [-0.15, -0.1) is 0 Å². The molecule has 0 aliphatic heterocycles. The molecule has 0 saturated heterocycles. The molecule has 2 aromatic rings. The number of para-hydroxylation sites is 2. The van der Waals surface area contributed by atoms with Gasteiger partial charge in [-0.1, -0.05) is 36.8 Å². The van der Waals surface area contributed by atoms with Crippen LogP contribution in [0.1, 0.15) is 25.8 Å². The Kier molecular flexibility index (Phi) is 7.87. The van der Waals surface area contributed by atoms with Crippen molar-refractivity contribution in [3.05, 3.63) is 54.1 Å². The van der Waals surface area contributed by atoms with Gasteiger partial charge in [0.1, 0.15) is 11.5 Å². The highest BCUT2D eigenvalue weighted by molar-refractivity contribution is 5.96. The average Bonchev–Trinajstić information content (AvgIpc) is 2.69. The second-order valence-corrected chi connectivity index (χ2v) is 6.58. The van der Waals surface area contributed by atoms with Crippen molar-refractivity contribution < 1.29 is 19.1 Å². The lowest BCUT2D eigenvalue weighted by molar-refractivity contribution is -0.140. The third kappa shape index (κ3) is 6.01. The lowest BCUT2D eigenvalue weighted by Crippen LogP contribution is -2.44. The lowest BCUT2D eigenvalue weighted by atomic mass is 10.2. The van der Waals surface area contributed by atoms with Gasteiger partial charge in [0.2, 0.25) is 5.91 Å². The minimum Gasteiger partial charge on any atom is -0.495 e. The van der Waals surface area contributed by atoms with Gasteiger partial charge < -0.3 is 19.7 Å². The molecule has 0 fully saturated rings. The average molecular weight is 384 g/mol. The van der Waals surface area contributed by atoms with Crippen LogP contribution in [0.15, 0.2) is 48.5 Å². The van der Waals surface area contributed by atoms with E-state index in [0.717, 1.165) is 12.0 Å². The van der Waals surface area contributed by atoms with E-state index in [4.69, 9.17) is 9.47 Å². The minimum atomic E-state index is -0.687. The summed E-state index contributed by atoms with van der Waals surface area (Å²) in [4.78, 5) is 26.8. The zero-order valence-electron chi connectivity index (χ0n) is 16.9. The molecule has 1 unspecified atom stereocenters. The molecule has 28 heavy (non-hydrogen) atoms. The summed E-state index contributed by atoms with van der Waals surface area (Å²) < 4.78 is 11.0. The summed E-state index contributed by atoms with van der Waals surface area (Å²) >= 11 is 0. The Bertz CT molecular complexity index is 789. The monoisotopic (exact) mass is 384 g/mol. The molecule has 0 radical (unpaired) electrons. The summed E-state index contributed by atoms with van der Waals surface area (Å²) in [5, 5.41) is 2.80. The molecular formula is C22H28N2O4. The normalized spacial score (nSPS) is 11.4. The van der Waals surface area contributed by atoms with Crippen LogP contribution in [0.5, 0.6) is 11.5 Å². The fraction of sp³-hybridized carbons (Fsp3) is 0.364. The van der Waals surface area contributed by atoms with Gasteiger partial charge in [0.15, 0.2) is 6.10 Å². The van der Waals surface area contributed by atoms with E-state index in [1.165, 1.54) is 4.90 Å². The molecule has 1 atom stereocenters. The summed E-state index contributed by atoms with van der Waals surface area (Å²) in [5.41, 5.74) is 1.69. The van der Waals surface area contributed by atoms with Crippen molar-refractivity contribution in [2.24, 2.45) is 0 Å². The Morgan fingerprint density at radius 2 is 1.79 bits per heavy atom. The second kappa shape index (κ2) is 10.3. The highest BCUT2D eigenvalue weighted by Crippen LogP contribution is 2.23. The standard InChI is InChI=1S/C22H28N2O4/c1-5-14-24(15-21(25)23-19-8-6-7-9-20(19)27-4)22(26)17(3)28-18-12-10-16(2)11-13-18/h6-13,17H,5,14-15H2,1-4H3,(H,23,25). The number of aryl methyl sites for hydroxylation is 1. The highest BCUT2D eigenvalue weighted by Gasteiger charge is 2.24. The molecule has 0 bridgehead atoms. The molecule has 150 valence electrons. The van der Waals surface area contributed by atoms with Crippen molar-refractivity contribution in [2.45, 2.75) is 33.3 Å². The molecule has 0 spiro atoms. The number of benzene rings is 2. The Morgan fingerprint density at radius 3 is 2.43 bits per heavy atom. The minimum absolute atomic E-state index is 0.0493. The zero-order chi connectivity index (χ0) is 20.5. The van der Waals surface area contributed by atoms with Crippen molar-refractivity contribution in [3.63, 3.8) is 0 Å². The summed E-state index contributed by atoms with van der Waals surface area (Å²) in [7, 11) is 1.54. The van der Waals surface area contributed by atoms with E-state index < -0.39 is 6.10 Å². The number of hydrogen-bond acceptors (Lipinski definition) is 4. The molecule has 2 amide bonds. The van der Waals surface area contributed by atoms with Crippen LogP contribution in [-0.4, -0.2) is 43.0 Å². The van der Waals surface area contributed by atoms with E-state index in [1.807, 2.05) is 50.2 Å². The Hall–Kier alpha value is -3.02. The summed E-state index contributed by atoms with van der Waals surface area (Å²) in [5.74, 6) is 0.688. The molecule has 0 aliphatic carbocycles. The van der Waals surface area contributed by atoms with Crippen molar-refractivity contribution in [1.82, 2.24) is 4.90 Å². The first-order valence-corrected chi connectivity index (χ1v) is 9.39. The van der Waals surface area contributed by atoms with Crippen LogP contribution in [0.3, 0.4) is 0 Å². The van der Waals surface area contributed by atoms with Crippen LogP contribution in [-0.2, 0) is 9.59 Å². The van der Waals surface area contributed by atoms with Gasteiger partial charge in [0.25, 0.3) is 5.91 Å². The van der Waals surface area contributed by atoms with Gasteiger partial charge in [-0.05, 0) is 44.5 Å². The molecule has 2 rings (SSSR count). The van der Waals surface area contributed by atoms with Crippen LogP contribution < -0.4 is 14.8 Å². The first-order valence-electron chi connectivity index (χ1n) is 9.39. The maximum absolute atomic E-state index is 12.8. The van der Waals surface area contributed by atoms with Gasteiger partial charge in [-0.3, -0.25) is 9.59 Å². The molecule has 2 aromatic carbocycles. The van der Waals surface area contributed by atoms with Crippen LogP contribution in [0, 0.1) is 6.92 Å². The number of carbonyl (C=O) groups is 2. The van der Waals surface area contributed by atoms with Gasteiger partial charge >= 0.3 is 0 Å². The van der Waals surface area contributed by atoms with E-state index in [1.54, 1.807) is 26.2 Å². The van der Waals surface area contributed by atoms with Crippen LogP contribution >= 0.6 is 0 Å². The van der Waals surface area contributed by atoms with Crippen LogP contribution in [0.2, 0.25) is 0 Å². The van der Waals surface area contributed by atoms with Gasteiger partial charge in [-0.25, -0.2) is 0 Å². The van der Waals surface area contributed by atoms with Crippen LogP contribution in [0.25, 0.3) is 0 Å². The van der Waals surface area contributed by atoms with E-state index in [0.29, 0.717) is 23.7 Å². The van der Waals surface area contributed by atoms with E-state index in [-0.39, 0.29) is 18.4 Å². The van der Waals surface area contributed by atoms with Crippen LogP contribution in [0.4, 0.5) is 5.69 Å². The quantitative estimate of drug-likeness (QED) is 0.717. The van der Waals surface area contributed by atoms with Crippen molar-refractivity contribution in [1.29, 1.82) is 0 Å². The number of nitrogens with zero attached hydrogens (tertiary/aromatic N) is 1. The number of ether oxygens (including phenoxy) is 2. The van der Waals surface area contributed by atoms with Crippen molar-refractivity contribution >= 4 is 17.5 Å². The summed E-state index contributed by atoms with van der Waals surface area (Å²) in [6.07, 6.45) is 0.0543. The first kappa shape index (κ1) is 21.3. The Morgan fingerprint density at radius 1 is 1.11 bits per heavy atom. The Labute approximate surface area is 166 Å². The third-order valence-electron chi connectivity index (χ3n) is 4.20. The fourth-order valence-electron chi connectivity index (χ4n) is 2.78. The Balaban J connectivity index is 2.01.